The Hall–Kier alpha value is -2.85. The van der Waals surface area contributed by atoms with E-state index in [2.05, 4.69) is 25.3 Å². The van der Waals surface area contributed by atoms with Gasteiger partial charge in [-0.3, -0.25) is 14.5 Å². The van der Waals surface area contributed by atoms with E-state index in [1.807, 2.05) is 19.2 Å². The Balaban J connectivity index is 1.38. The van der Waals surface area contributed by atoms with Gasteiger partial charge in [0.15, 0.2) is 10.8 Å². The number of fused-ring (bicyclic) bond motifs is 1. The Labute approximate surface area is 184 Å². The molecule has 4 heterocycles. The lowest BCUT2D eigenvalue weighted by atomic mass is 10.1. The molecule has 4 rings (SSSR count). The number of nitrogens with two attached hydrogens (primary N) is 1. The van der Waals surface area contributed by atoms with Gasteiger partial charge in [0.2, 0.25) is 5.91 Å². The van der Waals surface area contributed by atoms with Crippen molar-refractivity contribution in [3.05, 3.63) is 39.8 Å². The van der Waals surface area contributed by atoms with Gasteiger partial charge in [-0.1, -0.05) is 6.42 Å². The van der Waals surface area contributed by atoms with E-state index in [9.17, 15) is 9.59 Å². The third-order valence-corrected chi connectivity index (χ3v) is 6.52. The molecule has 0 atom stereocenters. The third-order valence-electron chi connectivity index (χ3n) is 5.71. The first-order chi connectivity index (χ1) is 14.9. The highest BCUT2D eigenvalue weighted by Gasteiger charge is 2.18. The summed E-state index contributed by atoms with van der Waals surface area (Å²) in [7, 11) is 0. The van der Waals surface area contributed by atoms with Crippen molar-refractivity contribution in [1.82, 2.24) is 24.5 Å². The van der Waals surface area contributed by atoms with E-state index in [0.29, 0.717) is 29.2 Å². The minimum atomic E-state index is -0.559. The molecule has 0 aliphatic carbocycles. The fraction of sp³-hybridized carbons (Fsp3) is 0.476. The number of hydrogen-bond acceptors (Lipinski definition) is 7. The summed E-state index contributed by atoms with van der Waals surface area (Å²) in [6, 6.07) is 0. The number of aryl methyl sites for hydroxylation is 2. The Morgan fingerprint density at radius 2 is 1.97 bits per heavy atom. The van der Waals surface area contributed by atoms with Gasteiger partial charge in [0.25, 0.3) is 5.91 Å². The number of likely N-dealkylation sites (tertiary alicyclic amines) is 1. The van der Waals surface area contributed by atoms with Crippen LogP contribution in [0.1, 0.15) is 58.7 Å². The highest BCUT2D eigenvalue weighted by atomic mass is 32.1. The summed E-state index contributed by atoms with van der Waals surface area (Å²) < 4.78 is 1.61. The minimum absolute atomic E-state index is 0.0870. The molecule has 1 fully saturated rings. The normalized spacial score (nSPS) is 14.8. The van der Waals surface area contributed by atoms with Gasteiger partial charge in [0.1, 0.15) is 5.56 Å². The molecule has 10 heteroatoms. The van der Waals surface area contributed by atoms with Crippen LogP contribution in [0, 0.1) is 13.8 Å². The Morgan fingerprint density at radius 1 is 1.19 bits per heavy atom. The standard InChI is InChI=1S/C21H27N7O2S/c1-13-16(14(2)28-20(24-13)17(10-23-28)19(22)30)6-7-18(29)26-21-25-15(12-31-21)11-27-8-4-3-5-9-27/h10,12H,3-9,11H2,1-2H3,(H2,22,30)(H,25,26,29). The number of amides is 2. The molecule has 164 valence electrons. The Bertz CT molecular complexity index is 1110. The molecule has 0 unspecified atom stereocenters. The molecule has 31 heavy (non-hydrogen) atoms. The van der Waals surface area contributed by atoms with Crippen molar-refractivity contribution in [2.75, 3.05) is 18.4 Å². The maximum atomic E-state index is 12.5. The Kier molecular flexibility index (Phi) is 6.28. The van der Waals surface area contributed by atoms with E-state index in [4.69, 9.17) is 5.73 Å². The number of aromatic nitrogens is 4. The van der Waals surface area contributed by atoms with Gasteiger partial charge < -0.3 is 11.1 Å². The molecular formula is C21H27N7O2S. The van der Waals surface area contributed by atoms with Crippen LogP contribution in [0.15, 0.2) is 11.6 Å². The molecule has 3 aromatic heterocycles. The first-order valence-electron chi connectivity index (χ1n) is 10.5. The van der Waals surface area contributed by atoms with Gasteiger partial charge in [-0.2, -0.15) is 5.10 Å². The number of thiazole rings is 1. The van der Waals surface area contributed by atoms with Crippen LogP contribution >= 0.6 is 11.3 Å². The summed E-state index contributed by atoms with van der Waals surface area (Å²) in [6.07, 6.45) is 6.05. The summed E-state index contributed by atoms with van der Waals surface area (Å²) in [4.78, 5) is 35.5. The SMILES string of the molecule is Cc1nc2c(C(N)=O)cnn2c(C)c1CCC(=O)Nc1nc(CN2CCCCC2)cs1. The van der Waals surface area contributed by atoms with E-state index < -0.39 is 5.91 Å². The zero-order valence-electron chi connectivity index (χ0n) is 17.8. The maximum absolute atomic E-state index is 12.5. The first kappa shape index (κ1) is 21.4. The molecule has 1 aliphatic rings. The van der Waals surface area contributed by atoms with Gasteiger partial charge in [-0.15, -0.1) is 11.3 Å². The average Bonchev–Trinajstić information content (AvgIpc) is 3.35. The predicted molar refractivity (Wildman–Crippen MR) is 119 cm³/mol. The van der Waals surface area contributed by atoms with E-state index >= 15 is 0 Å². The number of rotatable bonds is 7. The summed E-state index contributed by atoms with van der Waals surface area (Å²) >= 11 is 1.46. The lowest BCUT2D eigenvalue weighted by Crippen LogP contribution is -2.29. The summed E-state index contributed by atoms with van der Waals surface area (Å²) in [5, 5.41) is 9.79. The molecule has 3 N–H and O–H groups in total. The second-order valence-corrected chi connectivity index (χ2v) is 8.81. The zero-order chi connectivity index (χ0) is 22.0. The van der Waals surface area contributed by atoms with Crippen LogP contribution in [-0.2, 0) is 17.8 Å². The fourth-order valence-corrected chi connectivity index (χ4v) is 4.77. The molecule has 2 amide bonds. The van der Waals surface area contributed by atoms with Crippen LogP contribution in [0.3, 0.4) is 0 Å². The van der Waals surface area contributed by atoms with Crippen LogP contribution in [0.4, 0.5) is 5.13 Å². The number of carbonyl (C=O) groups excluding carboxylic acids is 2. The van der Waals surface area contributed by atoms with Crippen LogP contribution in [0.2, 0.25) is 0 Å². The number of hydrogen-bond donors (Lipinski definition) is 2. The van der Waals surface area contributed by atoms with Crippen molar-refractivity contribution in [3.8, 4) is 0 Å². The van der Waals surface area contributed by atoms with Crippen LogP contribution < -0.4 is 11.1 Å². The smallest absolute Gasteiger partial charge is 0.254 e. The number of anilines is 1. The molecule has 0 radical (unpaired) electrons. The number of nitrogens with zero attached hydrogens (tertiary/aromatic N) is 5. The topological polar surface area (TPSA) is 119 Å². The summed E-state index contributed by atoms with van der Waals surface area (Å²) in [5.41, 5.74) is 9.69. The quantitative estimate of drug-likeness (QED) is 0.581. The molecule has 3 aromatic rings. The van der Waals surface area contributed by atoms with Crippen molar-refractivity contribution in [3.63, 3.8) is 0 Å². The molecule has 1 aliphatic heterocycles. The Morgan fingerprint density at radius 3 is 2.71 bits per heavy atom. The second-order valence-electron chi connectivity index (χ2n) is 7.95. The highest BCUT2D eigenvalue weighted by Crippen LogP contribution is 2.21. The minimum Gasteiger partial charge on any atom is -0.365 e. The van der Waals surface area contributed by atoms with Crippen molar-refractivity contribution in [1.29, 1.82) is 0 Å². The average molecular weight is 442 g/mol. The predicted octanol–water partition coefficient (Wildman–Crippen LogP) is 2.46. The van der Waals surface area contributed by atoms with Crippen molar-refractivity contribution < 1.29 is 9.59 Å². The van der Waals surface area contributed by atoms with Crippen molar-refractivity contribution in [2.24, 2.45) is 5.73 Å². The highest BCUT2D eigenvalue weighted by molar-refractivity contribution is 7.13. The fourth-order valence-electron chi connectivity index (χ4n) is 4.05. The van der Waals surface area contributed by atoms with Gasteiger partial charge in [0, 0.05) is 29.7 Å². The molecule has 0 bridgehead atoms. The molecule has 1 saturated heterocycles. The van der Waals surface area contributed by atoms with E-state index in [0.717, 1.165) is 42.3 Å². The second kappa shape index (κ2) is 9.11. The number of piperidine rings is 1. The largest absolute Gasteiger partial charge is 0.365 e. The molecule has 9 nitrogen and oxygen atoms in total. The van der Waals surface area contributed by atoms with Gasteiger partial charge >= 0.3 is 0 Å². The summed E-state index contributed by atoms with van der Waals surface area (Å²) in [6.45, 7) is 6.85. The van der Waals surface area contributed by atoms with Crippen LogP contribution in [-0.4, -0.2) is 49.4 Å². The summed E-state index contributed by atoms with van der Waals surface area (Å²) in [5.74, 6) is -0.646. The molecular weight excluding hydrogens is 414 g/mol. The number of primary amides is 1. The molecule has 0 spiro atoms. The van der Waals surface area contributed by atoms with Crippen LogP contribution in [0.5, 0.6) is 0 Å². The lowest BCUT2D eigenvalue weighted by molar-refractivity contribution is -0.116. The van der Waals surface area contributed by atoms with E-state index in [1.165, 1.54) is 36.8 Å². The third kappa shape index (κ3) is 4.75. The van der Waals surface area contributed by atoms with Gasteiger partial charge in [0.05, 0.1) is 11.9 Å². The zero-order valence-corrected chi connectivity index (χ0v) is 18.7. The van der Waals surface area contributed by atoms with Crippen molar-refractivity contribution >= 4 is 33.9 Å². The van der Waals surface area contributed by atoms with E-state index in [-0.39, 0.29) is 5.91 Å². The molecule has 0 saturated carbocycles. The number of carbonyl (C=O) groups is 2. The monoisotopic (exact) mass is 441 g/mol. The molecule has 0 aromatic carbocycles. The first-order valence-corrected chi connectivity index (χ1v) is 11.4. The maximum Gasteiger partial charge on any atom is 0.254 e. The van der Waals surface area contributed by atoms with E-state index in [1.54, 1.807) is 4.52 Å². The van der Waals surface area contributed by atoms with Crippen molar-refractivity contribution in [2.45, 2.75) is 52.5 Å². The van der Waals surface area contributed by atoms with Gasteiger partial charge in [-0.25, -0.2) is 14.5 Å². The number of nitrogens with one attached hydrogen (secondary N) is 1. The lowest BCUT2D eigenvalue weighted by Gasteiger charge is -2.25. The van der Waals surface area contributed by atoms with Gasteiger partial charge in [-0.05, 0) is 51.8 Å². The van der Waals surface area contributed by atoms with Crippen LogP contribution in [0.25, 0.3) is 5.65 Å².